The third-order valence-electron chi connectivity index (χ3n) is 30.6. The van der Waals surface area contributed by atoms with Crippen molar-refractivity contribution in [3.63, 3.8) is 0 Å². The van der Waals surface area contributed by atoms with Crippen molar-refractivity contribution in [2.75, 3.05) is 59.2 Å². The number of carbonyl (C=O) groups is 1. The summed E-state index contributed by atoms with van der Waals surface area (Å²) in [6.45, 7) is 5.65. The Labute approximate surface area is 827 Å². The van der Waals surface area contributed by atoms with Gasteiger partial charge in [-0.15, -0.1) is 0 Å². The summed E-state index contributed by atoms with van der Waals surface area (Å²) in [5.74, 6) is 19.6. The lowest BCUT2D eigenvalue weighted by molar-refractivity contribution is 0.101. The van der Waals surface area contributed by atoms with Gasteiger partial charge in [-0.1, -0.05) is 180 Å². The number of ketones is 1. The fourth-order valence-corrected chi connectivity index (χ4v) is 34.9. The van der Waals surface area contributed by atoms with Crippen molar-refractivity contribution < 1.29 is 33.2 Å². The predicted molar refractivity (Wildman–Crippen MR) is 584 cm³/mol. The van der Waals surface area contributed by atoms with E-state index >= 15 is 0 Å². The first-order valence-electron chi connectivity index (χ1n) is 53.3. The molecule has 0 aromatic heterocycles. The fourth-order valence-electron chi connectivity index (χ4n) is 22.6. The number of hydrogen-bond acceptors (Lipinski definition) is 7. The van der Waals surface area contributed by atoms with E-state index in [0.717, 1.165) is 59.4 Å². The molecule has 136 heavy (non-hydrogen) atoms. The van der Waals surface area contributed by atoms with Crippen LogP contribution in [0.25, 0.3) is 64.6 Å². The number of hydrogen-bond donors (Lipinski definition) is 0. The topological polar surface area (TPSA) is 72.5 Å². The van der Waals surface area contributed by atoms with Gasteiger partial charge in [-0.2, -0.15) is 0 Å². The Kier molecular flexibility index (Phi) is 34.5. The molecule has 0 radical (unpaired) electrons. The molecule has 7 nitrogen and oxygen atoms in total. The van der Waals surface area contributed by atoms with E-state index in [1.165, 1.54) is 390 Å². The van der Waals surface area contributed by atoms with Crippen molar-refractivity contribution in [1.29, 1.82) is 0 Å². The van der Waals surface area contributed by atoms with Gasteiger partial charge < -0.3 is 28.4 Å². The summed E-state index contributed by atoms with van der Waals surface area (Å²) in [6.07, 6.45) is 51.8. The zero-order valence-electron chi connectivity index (χ0n) is 81.5. The Morgan fingerprint density at radius 2 is 0.699 bits per heavy atom. The van der Waals surface area contributed by atoms with Crippen LogP contribution in [-0.4, -0.2) is 89.4 Å². The first kappa shape index (κ1) is 96.5. The lowest BCUT2D eigenvalue weighted by Crippen LogP contribution is -2.20. The lowest BCUT2D eigenvalue weighted by Gasteiger charge is -2.24. The van der Waals surface area contributed by atoms with Gasteiger partial charge in [-0.05, 0) is 353 Å². The van der Waals surface area contributed by atoms with Crippen molar-refractivity contribution in [2.45, 2.75) is 317 Å². The zero-order chi connectivity index (χ0) is 92.0. The minimum Gasteiger partial charge on any atom is -0.493 e. The van der Waals surface area contributed by atoms with E-state index in [1.54, 1.807) is 11.8 Å². The summed E-state index contributed by atoms with van der Waals surface area (Å²) < 4.78 is 38.8. The van der Waals surface area contributed by atoms with E-state index in [9.17, 15) is 4.79 Å². The molecule has 0 spiro atoms. The summed E-state index contributed by atoms with van der Waals surface area (Å²) in [4.78, 5) is 22.0. The summed E-state index contributed by atoms with van der Waals surface area (Å²) in [5, 5.41) is 15.8. The van der Waals surface area contributed by atoms with Crippen molar-refractivity contribution in [1.82, 2.24) is 0 Å². The fraction of sp³-hybridized carbons (Fsp3) is 0.460. The first-order chi connectivity index (χ1) is 67.2. The first-order valence-corrected chi connectivity index (χ1v) is 60.8. The highest BCUT2D eigenvalue weighted by atomic mass is 32.2. The molecule has 12 heteroatoms. The number of ether oxygens (including phenoxy) is 6. The highest BCUT2D eigenvalue weighted by Gasteiger charge is 2.39. The zero-order valence-corrected chi connectivity index (χ0v) is 85.6. The van der Waals surface area contributed by atoms with Crippen LogP contribution in [0.4, 0.5) is 0 Å². The highest BCUT2D eigenvalue weighted by Crippen LogP contribution is 2.47. The molecule has 13 aromatic rings. The quantitative estimate of drug-likeness (QED) is 0.0359. The Morgan fingerprint density at radius 1 is 0.301 bits per heavy atom. The second-order valence-electron chi connectivity index (χ2n) is 40.6. The normalized spacial score (nSPS) is 19.2. The van der Waals surface area contributed by atoms with Gasteiger partial charge in [0.1, 0.15) is 74.8 Å². The van der Waals surface area contributed by atoms with Crippen LogP contribution in [0.5, 0.6) is 34.5 Å². The van der Waals surface area contributed by atoms with E-state index in [-0.39, 0.29) is 16.7 Å². The van der Waals surface area contributed by atoms with Crippen molar-refractivity contribution in [2.24, 2.45) is 17.8 Å². The molecule has 1 atom stereocenters. The monoisotopic (exact) mass is 1910 g/mol. The molecule has 0 bridgehead atoms. The molecule has 10 aliphatic rings. The van der Waals surface area contributed by atoms with Gasteiger partial charge in [0.2, 0.25) is 4.90 Å². The molecule has 13 aromatic carbocycles. The van der Waals surface area contributed by atoms with Gasteiger partial charge in [0.05, 0.1) is 53.9 Å². The van der Waals surface area contributed by atoms with Gasteiger partial charge in [0.25, 0.3) is 0 Å². The lowest BCUT2D eigenvalue weighted by atomic mass is 9.90. The molecule has 23 rings (SSSR count). The standard InChI is InChI=1S/C33H31OS.C28H39O2S.C23H29O2S.C21H27OS.C19H23OS/c1-2-8-25(9-3-1)24-34-30-16-20-31(21-17-30)35(32-18-14-26-10-4-6-12-28(26)22-32)33-19-15-27-11-5-7-13-29(27)23-33;1-2-6-13-22(12-5-1)29-25-18-19-27(31-20-9-10-21-31)28-24(25)16-11-17-26(28)30-23-14-7-3-4-8-15-23;1-17(24)18-10-11-20-21(16-18)23(26-14-6-3-7-15-26)13-12-22(20)25-19-8-4-2-5-9-19;1-2-8-17(9-3-1)16-22-20-12-13-21(23-14-6-7-15-23)19-11-5-4-10-18(19)20;1-14(15-8-9-15)20-18-11-10-16-6-2-3-7-17(16)19(18)21-12-4-5-13-21/h4-7,10-23,25H,1-3,8-9,24H2;11,16-19,22-23H,1-10,12-15,20-21H2;10-13,16,19H,2-9,14-15H2,1H3;4-5,10-13,17H,1-3,6-9,14-16H2;2-3,6-7,10-11,14-15H,4-5,8-9,12-13H2,1H3/q5*+1. The minimum atomic E-state index is -0.199. The molecule has 6 saturated carbocycles. The number of benzene rings is 13. The van der Waals surface area contributed by atoms with Crippen LogP contribution in [0.3, 0.4) is 0 Å². The molecule has 4 heterocycles. The van der Waals surface area contributed by atoms with Crippen molar-refractivity contribution in [3.05, 3.63) is 248 Å². The molecular formula is C124H149O7S5+5. The molecule has 4 saturated heterocycles. The molecular weight excluding hydrogens is 1760 g/mol. The van der Waals surface area contributed by atoms with Crippen LogP contribution < -0.4 is 28.4 Å². The van der Waals surface area contributed by atoms with Crippen LogP contribution in [0.2, 0.25) is 0 Å². The second-order valence-corrected chi connectivity index (χ2v) is 51.5. The number of carbonyl (C=O) groups excluding carboxylic acids is 1. The van der Waals surface area contributed by atoms with Crippen LogP contribution in [0.15, 0.2) is 277 Å². The maximum absolute atomic E-state index is 11.9. The van der Waals surface area contributed by atoms with Crippen molar-refractivity contribution >= 4 is 125 Å². The Bertz CT molecular complexity index is 5950. The molecule has 712 valence electrons. The number of Topliss-reactive ketones (excluding diaryl/α,β-unsaturated/α-hetero) is 1. The van der Waals surface area contributed by atoms with E-state index in [0.29, 0.717) is 73.9 Å². The summed E-state index contributed by atoms with van der Waals surface area (Å²) in [6, 6.07) is 88.7. The third kappa shape index (κ3) is 25.1. The Morgan fingerprint density at radius 3 is 1.24 bits per heavy atom. The molecule has 1 unspecified atom stereocenters. The van der Waals surface area contributed by atoms with Crippen LogP contribution in [0, 0.1) is 17.8 Å². The van der Waals surface area contributed by atoms with Crippen LogP contribution >= 0.6 is 0 Å². The van der Waals surface area contributed by atoms with Gasteiger partial charge in [0.15, 0.2) is 40.9 Å². The summed E-state index contributed by atoms with van der Waals surface area (Å²) in [5.41, 5.74) is 0.814. The van der Waals surface area contributed by atoms with Crippen LogP contribution in [0.1, 0.15) is 268 Å². The molecule has 4 aliphatic heterocycles. The van der Waals surface area contributed by atoms with E-state index in [2.05, 4.69) is 244 Å². The van der Waals surface area contributed by atoms with Crippen molar-refractivity contribution in [3.8, 4) is 34.5 Å². The van der Waals surface area contributed by atoms with E-state index in [1.807, 2.05) is 6.07 Å². The largest absolute Gasteiger partial charge is 0.493 e. The van der Waals surface area contributed by atoms with Gasteiger partial charge in [-0.25, -0.2) is 0 Å². The Balaban J connectivity index is 0.000000110. The highest BCUT2D eigenvalue weighted by molar-refractivity contribution is 7.98. The van der Waals surface area contributed by atoms with Crippen LogP contribution in [-0.2, 0) is 54.5 Å². The SMILES string of the molecule is CC(=O)c1ccc2c(OC3CCCCC3)ccc([S+]3CCCCC3)c2c1.CC(Oc1ccc2ccccc2c1[S+]1CCCC1)C1CC1.c1cc(OC2CCCCCC2)c2c([S+]3CCCC3)ccc(OC3CCCCCC3)c2c1.c1ccc2c([S+]3CCCC3)ccc(OCC3CCCCC3)c2c1.c1ccc2cc([S+](c3ccc(OCC4CCCCC4)cc3)c3ccc4ccccc4c3)ccc2c1. The summed E-state index contributed by atoms with van der Waals surface area (Å²) in [7, 11) is 1.33. The van der Waals surface area contributed by atoms with Gasteiger partial charge in [0, 0.05) is 93.6 Å². The number of rotatable bonds is 23. The average Bonchev–Trinajstić information content (AvgIpc) is 1.15. The minimum absolute atomic E-state index is 0.142. The van der Waals surface area contributed by atoms with E-state index < -0.39 is 0 Å². The third-order valence-corrected chi connectivity index (χ3v) is 42.9. The summed E-state index contributed by atoms with van der Waals surface area (Å²) >= 11 is 0. The van der Waals surface area contributed by atoms with Gasteiger partial charge in [-0.3, -0.25) is 4.79 Å². The average molecular weight is 1910 g/mol. The maximum atomic E-state index is 11.9. The molecule has 6 aliphatic carbocycles. The predicted octanol–water partition coefficient (Wildman–Crippen LogP) is 33.1. The molecule has 0 N–H and O–H groups in total. The maximum Gasteiger partial charge on any atom is 0.204 e. The molecule has 0 amide bonds. The van der Waals surface area contributed by atoms with E-state index in [4.69, 9.17) is 28.4 Å². The Hall–Kier alpha value is -8.36. The smallest absolute Gasteiger partial charge is 0.204 e. The second kappa shape index (κ2) is 48.7. The number of fused-ring (bicyclic) bond motifs is 6. The van der Waals surface area contributed by atoms with Gasteiger partial charge >= 0.3 is 0 Å². The molecule has 10 fully saturated rings.